The van der Waals surface area contributed by atoms with Crippen LogP contribution in [-0.2, 0) is 14.3 Å². The molecule has 1 rings (SSSR count). The van der Waals surface area contributed by atoms with Crippen molar-refractivity contribution in [2.24, 2.45) is 0 Å². The van der Waals surface area contributed by atoms with Crippen LogP contribution in [0.4, 0.5) is 0 Å². The molecule has 0 aromatic heterocycles. The lowest BCUT2D eigenvalue weighted by molar-refractivity contribution is -0.301. The average Bonchev–Trinajstić information content (AvgIpc) is 2.18. The molecule has 0 saturated carbocycles. The first-order valence-corrected chi connectivity index (χ1v) is 4.92. The normalized spacial score (nSPS) is 40.0. The summed E-state index contributed by atoms with van der Waals surface area (Å²) in [5.41, 5.74) is 0. The van der Waals surface area contributed by atoms with Crippen molar-refractivity contribution >= 4 is 5.97 Å². The molecule has 0 spiro atoms. The van der Waals surface area contributed by atoms with E-state index < -0.39 is 36.7 Å². The number of carboxylic acids is 1. The van der Waals surface area contributed by atoms with Gasteiger partial charge in [0, 0.05) is 0 Å². The highest BCUT2D eigenvalue weighted by Crippen LogP contribution is 2.23. The van der Waals surface area contributed by atoms with Gasteiger partial charge in [-0.1, -0.05) is 0 Å². The highest BCUT2D eigenvalue weighted by atomic mass is 16.7. The van der Waals surface area contributed by atoms with E-state index in [0.29, 0.717) is 0 Å². The van der Waals surface area contributed by atoms with Crippen LogP contribution in [-0.4, -0.2) is 63.2 Å². The Bertz CT molecular complexity index is 254. The first-order chi connectivity index (χ1) is 7.34. The van der Waals surface area contributed by atoms with E-state index >= 15 is 0 Å². The fourth-order valence-electron chi connectivity index (χ4n) is 1.43. The maximum atomic E-state index is 10.7. The first kappa shape index (κ1) is 13.3. The number of hydrogen-bond acceptors (Lipinski definition) is 6. The lowest BCUT2D eigenvalue weighted by atomic mass is 9.99. The molecule has 1 saturated heterocycles. The predicted molar refractivity (Wildman–Crippen MR) is 50.5 cm³/mol. The van der Waals surface area contributed by atoms with Crippen LogP contribution in [0.2, 0.25) is 0 Å². The quantitative estimate of drug-likeness (QED) is 0.461. The molecule has 1 heterocycles. The van der Waals surface area contributed by atoms with Crippen LogP contribution in [0.15, 0.2) is 0 Å². The molecule has 16 heavy (non-hydrogen) atoms. The molecular formula is C9H16O7. The molecule has 7 nitrogen and oxygen atoms in total. The number of rotatable bonds is 3. The molecule has 0 aromatic rings. The second-order valence-corrected chi connectivity index (χ2v) is 3.92. The van der Waals surface area contributed by atoms with Crippen LogP contribution >= 0.6 is 0 Å². The molecule has 0 amide bonds. The minimum absolute atomic E-state index is 0.309. The number of carboxylic acid groups (broad SMARTS) is 1. The van der Waals surface area contributed by atoms with E-state index in [0.717, 1.165) is 0 Å². The zero-order valence-corrected chi connectivity index (χ0v) is 8.98. The Morgan fingerprint density at radius 2 is 1.75 bits per heavy atom. The molecule has 1 aliphatic heterocycles. The number of aliphatic hydroxyl groups is 3. The molecule has 2 unspecified atom stereocenters. The van der Waals surface area contributed by atoms with Crippen LogP contribution in [0.3, 0.4) is 0 Å². The lowest BCUT2D eigenvalue weighted by Crippen LogP contribution is -2.60. The van der Waals surface area contributed by atoms with E-state index in [2.05, 4.69) is 0 Å². The van der Waals surface area contributed by atoms with Gasteiger partial charge < -0.3 is 29.9 Å². The van der Waals surface area contributed by atoms with E-state index in [9.17, 15) is 20.1 Å². The molecule has 1 aliphatic rings. The zero-order chi connectivity index (χ0) is 12.5. The largest absolute Gasteiger partial charge is 0.479 e. The third-order valence-corrected chi connectivity index (χ3v) is 2.22. The molecule has 4 N–H and O–H groups in total. The molecule has 0 aliphatic carbocycles. The van der Waals surface area contributed by atoms with Gasteiger partial charge >= 0.3 is 5.97 Å². The van der Waals surface area contributed by atoms with Gasteiger partial charge in [-0.05, 0) is 13.8 Å². The fourth-order valence-corrected chi connectivity index (χ4v) is 1.43. The maximum absolute atomic E-state index is 10.7. The van der Waals surface area contributed by atoms with Crippen molar-refractivity contribution in [3.8, 4) is 0 Å². The summed E-state index contributed by atoms with van der Waals surface area (Å²) in [6, 6.07) is 0. The summed E-state index contributed by atoms with van der Waals surface area (Å²) in [4.78, 5) is 10.7. The molecule has 1 fully saturated rings. The predicted octanol–water partition coefficient (Wildman–Crippen LogP) is -1.70. The van der Waals surface area contributed by atoms with Crippen molar-refractivity contribution in [3.05, 3.63) is 0 Å². The minimum atomic E-state index is -1.68. The van der Waals surface area contributed by atoms with Crippen molar-refractivity contribution in [1.29, 1.82) is 0 Å². The number of carbonyl (C=O) groups is 1. The number of hydrogen-bond donors (Lipinski definition) is 4. The average molecular weight is 236 g/mol. The van der Waals surface area contributed by atoms with E-state index in [1.54, 1.807) is 13.8 Å². The van der Waals surface area contributed by atoms with Crippen LogP contribution < -0.4 is 0 Å². The van der Waals surface area contributed by atoms with Gasteiger partial charge in [-0.2, -0.15) is 0 Å². The highest BCUT2D eigenvalue weighted by molar-refractivity contribution is 5.73. The molecule has 0 bridgehead atoms. The van der Waals surface area contributed by atoms with Crippen LogP contribution in [0.1, 0.15) is 13.8 Å². The van der Waals surface area contributed by atoms with Gasteiger partial charge in [0.05, 0.1) is 6.10 Å². The van der Waals surface area contributed by atoms with Gasteiger partial charge in [0.15, 0.2) is 12.4 Å². The van der Waals surface area contributed by atoms with Crippen molar-refractivity contribution in [3.63, 3.8) is 0 Å². The summed E-state index contributed by atoms with van der Waals surface area (Å²) < 4.78 is 9.97. The second-order valence-electron chi connectivity index (χ2n) is 3.92. The Labute approximate surface area is 92.2 Å². The van der Waals surface area contributed by atoms with E-state index in [1.165, 1.54) is 0 Å². The summed E-state index contributed by atoms with van der Waals surface area (Å²) in [6.45, 7) is 3.34. The summed E-state index contributed by atoms with van der Waals surface area (Å²) >= 11 is 0. The maximum Gasteiger partial charge on any atom is 0.335 e. The van der Waals surface area contributed by atoms with Crippen LogP contribution in [0.25, 0.3) is 0 Å². The standard InChI is InChI=1S/C9H16O7/c1-3(2)15-9-6(12)4(10)5(11)7(16-9)8(13)14/h3-7,9-12H,1-2H3,(H,13,14)/t4?,5-,6+,7?,9-/m0/s1. The van der Waals surface area contributed by atoms with E-state index in [4.69, 9.17) is 14.6 Å². The van der Waals surface area contributed by atoms with Gasteiger partial charge in [-0.3, -0.25) is 0 Å². The Balaban J connectivity index is 2.77. The number of ether oxygens (including phenoxy) is 2. The van der Waals surface area contributed by atoms with Crippen molar-refractivity contribution in [2.75, 3.05) is 0 Å². The summed E-state index contributed by atoms with van der Waals surface area (Å²) in [7, 11) is 0. The first-order valence-electron chi connectivity index (χ1n) is 4.92. The second kappa shape index (κ2) is 5.07. The summed E-state index contributed by atoms with van der Waals surface area (Å²) in [5.74, 6) is -1.42. The Kier molecular flexibility index (Phi) is 4.22. The molecular weight excluding hydrogens is 220 g/mol. The van der Waals surface area contributed by atoms with Gasteiger partial charge in [-0.15, -0.1) is 0 Å². The monoisotopic (exact) mass is 236 g/mol. The third kappa shape index (κ3) is 2.69. The van der Waals surface area contributed by atoms with Crippen LogP contribution in [0, 0.1) is 0 Å². The van der Waals surface area contributed by atoms with Gasteiger partial charge in [0.1, 0.15) is 18.3 Å². The van der Waals surface area contributed by atoms with Gasteiger partial charge in [0.25, 0.3) is 0 Å². The van der Waals surface area contributed by atoms with Crippen molar-refractivity contribution in [2.45, 2.75) is 50.7 Å². The van der Waals surface area contributed by atoms with Gasteiger partial charge in [-0.25, -0.2) is 4.79 Å². The minimum Gasteiger partial charge on any atom is -0.479 e. The fraction of sp³-hybridized carbons (Fsp3) is 0.889. The molecule has 7 heteroatoms. The lowest BCUT2D eigenvalue weighted by Gasteiger charge is -2.39. The SMILES string of the molecule is CC(C)O[C@H]1OC(C(=O)O)[C@@H](O)C(O)[C@H]1O. The molecule has 5 atom stereocenters. The third-order valence-electron chi connectivity index (χ3n) is 2.22. The highest BCUT2D eigenvalue weighted by Gasteiger charge is 2.47. The zero-order valence-electron chi connectivity index (χ0n) is 8.98. The topological polar surface area (TPSA) is 116 Å². The summed E-state index contributed by atoms with van der Waals surface area (Å²) in [5, 5.41) is 37.0. The molecule has 94 valence electrons. The summed E-state index contributed by atoms with van der Waals surface area (Å²) in [6.07, 6.45) is -7.95. The van der Waals surface area contributed by atoms with Crippen molar-refractivity contribution in [1.82, 2.24) is 0 Å². The van der Waals surface area contributed by atoms with E-state index in [1.807, 2.05) is 0 Å². The Hall–Kier alpha value is -0.730. The molecule has 0 radical (unpaired) electrons. The Morgan fingerprint density at radius 3 is 2.19 bits per heavy atom. The molecule has 0 aromatic carbocycles. The van der Waals surface area contributed by atoms with Crippen LogP contribution in [0.5, 0.6) is 0 Å². The van der Waals surface area contributed by atoms with Gasteiger partial charge in [0.2, 0.25) is 0 Å². The smallest absolute Gasteiger partial charge is 0.335 e. The number of aliphatic hydroxyl groups excluding tert-OH is 3. The number of aliphatic carboxylic acids is 1. The van der Waals surface area contributed by atoms with Crippen molar-refractivity contribution < 1.29 is 34.7 Å². The van der Waals surface area contributed by atoms with E-state index in [-0.39, 0.29) is 6.10 Å². The Morgan fingerprint density at radius 1 is 1.19 bits per heavy atom.